The van der Waals surface area contributed by atoms with Crippen LogP contribution in [-0.4, -0.2) is 17.3 Å². The number of fused-ring (bicyclic) bond motifs is 1. The third kappa shape index (κ3) is 1.45. The predicted octanol–water partition coefficient (Wildman–Crippen LogP) is 1.38. The minimum atomic E-state index is -0.522. The molecule has 0 saturated carbocycles. The predicted molar refractivity (Wildman–Crippen MR) is 53.6 cm³/mol. The van der Waals surface area contributed by atoms with Gasteiger partial charge in [0.1, 0.15) is 5.69 Å². The Kier molecular flexibility index (Phi) is 2.15. The van der Waals surface area contributed by atoms with E-state index in [0.717, 1.165) is 0 Å². The van der Waals surface area contributed by atoms with Crippen LogP contribution in [0.5, 0.6) is 5.75 Å². The van der Waals surface area contributed by atoms with E-state index in [-0.39, 0.29) is 11.2 Å². The molecule has 2 rings (SSSR count). The van der Waals surface area contributed by atoms with Crippen molar-refractivity contribution in [3.63, 3.8) is 0 Å². The zero-order chi connectivity index (χ0) is 11.0. The van der Waals surface area contributed by atoms with Gasteiger partial charge < -0.3 is 4.74 Å². The van der Waals surface area contributed by atoms with Crippen LogP contribution in [-0.2, 0) is 0 Å². The first-order chi connectivity index (χ1) is 7.13. The summed E-state index contributed by atoms with van der Waals surface area (Å²) in [6, 6.07) is 2.57. The molecule has 78 valence electrons. The number of hydrogen-bond acceptors (Lipinski definition) is 3. The van der Waals surface area contributed by atoms with Crippen molar-refractivity contribution in [3.05, 3.63) is 33.9 Å². The normalized spacial score (nSPS) is 10.6. The quantitative estimate of drug-likeness (QED) is 0.770. The van der Waals surface area contributed by atoms with E-state index in [1.807, 2.05) is 0 Å². The van der Waals surface area contributed by atoms with Crippen molar-refractivity contribution in [1.29, 1.82) is 0 Å². The third-order valence-corrected chi connectivity index (χ3v) is 2.21. The Bertz CT molecular complexity index is 577. The summed E-state index contributed by atoms with van der Waals surface area (Å²) >= 11 is 0. The first-order valence-electron chi connectivity index (χ1n) is 4.36. The lowest BCUT2D eigenvalue weighted by molar-refractivity contribution is 0.387. The maximum atomic E-state index is 13.3. The molecular formula is C10H9FN2O2. The number of nitrogens with zero attached hydrogens (tertiary/aromatic N) is 1. The molecule has 1 N–H and O–H groups in total. The standard InChI is InChI=1S/C10H9FN2O2/c1-5-10(14)6-3-9(15-2)7(11)4-8(6)13-12-5/h3-4H,1-2H3,(H,13,14). The zero-order valence-corrected chi connectivity index (χ0v) is 8.30. The fourth-order valence-electron chi connectivity index (χ4n) is 1.38. The minimum Gasteiger partial charge on any atom is -0.494 e. The highest BCUT2D eigenvalue weighted by Gasteiger charge is 2.09. The lowest BCUT2D eigenvalue weighted by atomic mass is 10.2. The highest BCUT2D eigenvalue weighted by molar-refractivity contribution is 5.79. The molecule has 0 unspecified atom stereocenters. The van der Waals surface area contributed by atoms with Crippen molar-refractivity contribution < 1.29 is 9.13 Å². The molecule has 1 aromatic carbocycles. The molecule has 1 aromatic heterocycles. The molecule has 0 aliphatic rings. The lowest BCUT2D eigenvalue weighted by Gasteiger charge is -2.03. The lowest BCUT2D eigenvalue weighted by Crippen LogP contribution is -2.10. The molecule has 0 aliphatic heterocycles. The van der Waals surface area contributed by atoms with Crippen LogP contribution in [0.25, 0.3) is 10.9 Å². The van der Waals surface area contributed by atoms with Crippen LogP contribution in [0.2, 0.25) is 0 Å². The Labute approximate surface area is 84.7 Å². The molecular weight excluding hydrogens is 199 g/mol. The molecule has 0 spiro atoms. The third-order valence-electron chi connectivity index (χ3n) is 2.21. The van der Waals surface area contributed by atoms with Crippen molar-refractivity contribution >= 4 is 10.9 Å². The monoisotopic (exact) mass is 208 g/mol. The number of methoxy groups -OCH3 is 1. The van der Waals surface area contributed by atoms with Crippen LogP contribution < -0.4 is 10.2 Å². The van der Waals surface area contributed by atoms with Gasteiger partial charge in [0.15, 0.2) is 11.6 Å². The van der Waals surface area contributed by atoms with Gasteiger partial charge >= 0.3 is 0 Å². The summed E-state index contributed by atoms with van der Waals surface area (Å²) in [5.74, 6) is -0.468. The molecule has 2 aromatic rings. The molecule has 4 nitrogen and oxygen atoms in total. The van der Waals surface area contributed by atoms with Crippen LogP contribution in [0.4, 0.5) is 4.39 Å². The first kappa shape index (κ1) is 9.64. The largest absolute Gasteiger partial charge is 0.494 e. The Morgan fingerprint density at radius 3 is 2.87 bits per heavy atom. The summed E-state index contributed by atoms with van der Waals surface area (Å²) in [5, 5.41) is 6.74. The zero-order valence-electron chi connectivity index (χ0n) is 8.30. The number of benzene rings is 1. The molecule has 0 bridgehead atoms. The number of H-pyrrole nitrogens is 1. The topological polar surface area (TPSA) is 55.0 Å². The van der Waals surface area contributed by atoms with E-state index >= 15 is 0 Å². The van der Waals surface area contributed by atoms with Crippen LogP contribution >= 0.6 is 0 Å². The summed E-state index contributed by atoms with van der Waals surface area (Å²) in [4.78, 5) is 11.6. The van der Waals surface area contributed by atoms with E-state index in [1.165, 1.54) is 19.2 Å². The number of nitrogens with one attached hydrogen (secondary N) is 1. The molecule has 5 heteroatoms. The van der Waals surface area contributed by atoms with Crippen molar-refractivity contribution in [2.24, 2.45) is 0 Å². The molecule has 0 amide bonds. The van der Waals surface area contributed by atoms with Crippen molar-refractivity contribution in [2.45, 2.75) is 6.92 Å². The average Bonchev–Trinajstić information content (AvgIpc) is 2.23. The highest BCUT2D eigenvalue weighted by Crippen LogP contribution is 2.20. The van der Waals surface area contributed by atoms with Gasteiger partial charge in [0.25, 0.3) is 0 Å². The van der Waals surface area contributed by atoms with Crippen molar-refractivity contribution in [1.82, 2.24) is 10.2 Å². The Morgan fingerprint density at radius 1 is 1.47 bits per heavy atom. The maximum absolute atomic E-state index is 13.3. The molecule has 0 aliphatic carbocycles. The minimum absolute atomic E-state index is 0.0543. The number of hydrogen-bond donors (Lipinski definition) is 1. The molecule has 0 radical (unpaired) electrons. The van der Waals surface area contributed by atoms with Crippen molar-refractivity contribution in [3.8, 4) is 5.75 Å². The number of aryl methyl sites for hydroxylation is 1. The van der Waals surface area contributed by atoms with Crippen LogP contribution in [0, 0.1) is 12.7 Å². The van der Waals surface area contributed by atoms with E-state index in [9.17, 15) is 9.18 Å². The van der Waals surface area contributed by atoms with Crippen molar-refractivity contribution in [2.75, 3.05) is 7.11 Å². The van der Waals surface area contributed by atoms with E-state index in [2.05, 4.69) is 10.2 Å². The number of ether oxygens (including phenoxy) is 1. The van der Waals surface area contributed by atoms with Gasteiger partial charge in [-0.15, -0.1) is 0 Å². The van der Waals surface area contributed by atoms with Gasteiger partial charge in [-0.3, -0.25) is 9.89 Å². The summed E-state index contributed by atoms with van der Waals surface area (Å²) in [6.45, 7) is 1.59. The van der Waals surface area contributed by atoms with Gasteiger partial charge in [0, 0.05) is 6.07 Å². The first-order valence-corrected chi connectivity index (χ1v) is 4.36. The molecule has 0 atom stereocenters. The highest BCUT2D eigenvalue weighted by atomic mass is 19.1. The second-order valence-electron chi connectivity index (χ2n) is 3.17. The van der Waals surface area contributed by atoms with Crippen LogP contribution in [0.15, 0.2) is 16.9 Å². The van der Waals surface area contributed by atoms with Gasteiger partial charge in [0.05, 0.1) is 18.0 Å². The molecule has 15 heavy (non-hydrogen) atoms. The van der Waals surface area contributed by atoms with Gasteiger partial charge in [-0.25, -0.2) is 4.39 Å². The van der Waals surface area contributed by atoms with E-state index < -0.39 is 5.82 Å². The van der Waals surface area contributed by atoms with Gasteiger partial charge in [-0.2, -0.15) is 5.10 Å². The number of aromatic amines is 1. The Morgan fingerprint density at radius 2 is 2.20 bits per heavy atom. The molecule has 0 saturated heterocycles. The maximum Gasteiger partial charge on any atom is 0.210 e. The average molecular weight is 208 g/mol. The van der Waals surface area contributed by atoms with E-state index in [4.69, 9.17) is 4.74 Å². The SMILES string of the molecule is COc1cc2c(=O)c(C)n[nH]c2cc1F. The van der Waals surface area contributed by atoms with Crippen LogP contribution in [0.3, 0.4) is 0 Å². The summed E-state index contributed by atoms with van der Waals surface area (Å²) in [7, 11) is 1.35. The van der Waals surface area contributed by atoms with E-state index in [0.29, 0.717) is 16.6 Å². The fourth-order valence-corrected chi connectivity index (χ4v) is 1.38. The number of rotatable bonds is 1. The van der Waals surface area contributed by atoms with Gasteiger partial charge in [-0.1, -0.05) is 0 Å². The van der Waals surface area contributed by atoms with Gasteiger partial charge in [-0.05, 0) is 13.0 Å². The van der Waals surface area contributed by atoms with E-state index in [1.54, 1.807) is 6.92 Å². The molecule has 0 fully saturated rings. The van der Waals surface area contributed by atoms with Gasteiger partial charge in [0.2, 0.25) is 5.43 Å². The second kappa shape index (κ2) is 3.34. The second-order valence-corrected chi connectivity index (χ2v) is 3.17. The summed E-state index contributed by atoms with van der Waals surface area (Å²) in [6.07, 6.45) is 0. The summed E-state index contributed by atoms with van der Waals surface area (Å²) in [5.41, 5.74) is 0.488. The number of halogens is 1. The number of aromatic nitrogens is 2. The Balaban J connectivity index is 2.89. The smallest absolute Gasteiger partial charge is 0.210 e. The fraction of sp³-hybridized carbons (Fsp3) is 0.200. The molecule has 1 heterocycles. The Hall–Kier alpha value is -1.91. The van der Waals surface area contributed by atoms with Crippen LogP contribution in [0.1, 0.15) is 5.69 Å². The summed E-state index contributed by atoms with van der Waals surface area (Å²) < 4.78 is 18.1.